The van der Waals surface area contributed by atoms with Gasteiger partial charge in [-0.1, -0.05) is 27.7 Å². The largest absolute Gasteiger partial charge is 0.349 e. The number of hydrogen-bond acceptors (Lipinski definition) is 6. The number of nitrogens with zero attached hydrogens (tertiary/aromatic N) is 3. The van der Waals surface area contributed by atoms with Crippen molar-refractivity contribution < 1.29 is 19.1 Å². The van der Waals surface area contributed by atoms with Crippen molar-refractivity contribution >= 4 is 11.8 Å². The molecule has 0 bridgehead atoms. The molecule has 0 aliphatic carbocycles. The van der Waals surface area contributed by atoms with E-state index in [1.165, 1.54) is 0 Å². The van der Waals surface area contributed by atoms with Crippen LogP contribution in [0.3, 0.4) is 0 Å². The lowest BCUT2D eigenvalue weighted by Crippen LogP contribution is -2.64. The maximum Gasteiger partial charge on any atom is 0.245 e. The van der Waals surface area contributed by atoms with Crippen LogP contribution in [0.25, 0.3) is 0 Å². The Hall–Kier alpha value is -1.22. The third-order valence-electron chi connectivity index (χ3n) is 7.66. The monoisotopic (exact) mass is 494 g/mol. The Balaban J connectivity index is 1.65. The van der Waals surface area contributed by atoms with Gasteiger partial charge in [0.1, 0.15) is 6.04 Å². The molecule has 3 aliphatic rings. The number of ether oxygens (including phenoxy) is 2. The Morgan fingerprint density at radius 2 is 1.83 bits per heavy atom. The second-order valence-electron chi connectivity index (χ2n) is 12.2. The number of carbonyl (C=O) groups is 2. The van der Waals surface area contributed by atoms with E-state index in [1.807, 2.05) is 9.80 Å². The highest BCUT2D eigenvalue weighted by Crippen LogP contribution is 2.36. The molecule has 3 fully saturated rings. The number of hydrogen-bond donors (Lipinski definition) is 1. The van der Waals surface area contributed by atoms with Crippen molar-refractivity contribution in [2.75, 3.05) is 53.5 Å². The third kappa shape index (κ3) is 7.40. The molecule has 0 radical (unpaired) electrons. The molecule has 0 aromatic rings. The van der Waals surface area contributed by atoms with Crippen molar-refractivity contribution in [3.63, 3.8) is 0 Å². The predicted octanol–water partition coefficient (Wildman–Crippen LogP) is 2.57. The van der Waals surface area contributed by atoms with Crippen LogP contribution in [0, 0.1) is 17.8 Å². The molecule has 8 nitrogen and oxygen atoms in total. The summed E-state index contributed by atoms with van der Waals surface area (Å²) in [5.74, 6) is 0.841. The molecule has 3 atom stereocenters. The molecule has 1 spiro atoms. The summed E-state index contributed by atoms with van der Waals surface area (Å²) in [5.41, 5.74) is 0. The minimum Gasteiger partial charge on any atom is -0.349 e. The zero-order chi connectivity index (χ0) is 25.8. The highest BCUT2D eigenvalue weighted by molar-refractivity contribution is 5.90. The third-order valence-corrected chi connectivity index (χ3v) is 7.66. The number of piperidine rings is 1. The lowest BCUT2D eigenvalue weighted by molar-refractivity contribution is -0.303. The van der Waals surface area contributed by atoms with Crippen molar-refractivity contribution in [2.45, 2.75) is 90.6 Å². The molecular weight excluding hydrogens is 444 g/mol. The number of carbonyl (C=O) groups excluding carboxylic acids is 2. The average molecular weight is 495 g/mol. The molecule has 8 heteroatoms. The van der Waals surface area contributed by atoms with Gasteiger partial charge in [-0.25, -0.2) is 0 Å². The summed E-state index contributed by atoms with van der Waals surface area (Å²) in [6.45, 7) is 15.0. The molecule has 3 saturated heterocycles. The molecule has 0 aromatic carbocycles. The van der Waals surface area contributed by atoms with Crippen LogP contribution in [-0.2, 0) is 19.1 Å². The highest BCUT2D eigenvalue weighted by atomic mass is 16.7. The second-order valence-corrected chi connectivity index (χ2v) is 12.2. The quantitative estimate of drug-likeness (QED) is 0.531. The van der Waals surface area contributed by atoms with E-state index in [0.29, 0.717) is 63.3 Å². The molecule has 2 amide bonds. The SMILES string of the molecule is CC(C)CC[C@@H]1NCCN([C@@H](CC(C)C)C(=O)N2CCC3(C[C@@H]2C)OCC(CN(C)C)CO3)C1=O. The molecule has 202 valence electrons. The van der Waals surface area contributed by atoms with E-state index in [4.69, 9.17) is 9.47 Å². The first kappa shape index (κ1) is 28.4. The molecule has 0 aromatic heterocycles. The van der Waals surface area contributed by atoms with Crippen LogP contribution in [-0.4, -0.2) is 104 Å². The number of likely N-dealkylation sites (tertiary alicyclic amines) is 1. The zero-order valence-electron chi connectivity index (χ0n) is 23.2. The zero-order valence-corrected chi connectivity index (χ0v) is 23.2. The van der Waals surface area contributed by atoms with Crippen molar-refractivity contribution in [3.05, 3.63) is 0 Å². The van der Waals surface area contributed by atoms with Crippen LogP contribution >= 0.6 is 0 Å². The van der Waals surface area contributed by atoms with Crippen LogP contribution < -0.4 is 5.32 Å². The molecule has 35 heavy (non-hydrogen) atoms. The van der Waals surface area contributed by atoms with Crippen molar-refractivity contribution in [2.24, 2.45) is 17.8 Å². The lowest BCUT2D eigenvalue weighted by atomic mass is 9.92. The minimum absolute atomic E-state index is 0.00562. The van der Waals surface area contributed by atoms with Gasteiger partial charge in [0.2, 0.25) is 11.8 Å². The molecule has 1 N–H and O–H groups in total. The normalized spacial score (nSPS) is 31.1. The van der Waals surface area contributed by atoms with Crippen LogP contribution in [0.1, 0.15) is 66.7 Å². The smallest absolute Gasteiger partial charge is 0.245 e. The number of nitrogens with one attached hydrogen (secondary N) is 1. The number of amides is 2. The van der Waals surface area contributed by atoms with Crippen molar-refractivity contribution in [1.82, 2.24) is 20.0 Å². The summed E-state index contributed by atoms with van der Waals surface area (Å²) in [6, 6.07) is -0.582. The maximum atomic E-state index is 13.9. The summed E-state index contributed by atoms with van der Waals surface area (Å²) in [4.78, 5) is 33.4. The molecular formula is C27H50N4O4. The van der Waals surface area contributed by atoms with Gasteiger partial charge >= 0.3 is 0 Å². The fourth-order valence-electron chi connectivity index (χ4n) is 5.81. The summed E-state index contributed by atoms with van der Waals surface area (Å²) >= 11 is 0. The summed E-state index contributed by atoms with van der Waals surface area (Å²) in [5, 5.41) is 3.39. The van der Waals surface area contributed by atoms with Gasteiger partial charge < -0.3 is 29.5 Å². The van der Waals surface area contributed by atoms with E-state index in [1.54, 1.807) is 0 Å². The van der Waals surface area contributed by atoms with Crippen LogP contribution in [0.5, 0.6) is 0 Å². The van der Waals surface area contributed by atoms with E-state index in [2.05, 4.69) is 58.9 Å². The van der Waals surface area contributed by atoms with Gasteiger partial charge in [0.25, 0.3) is 0 Å². The van der Waals surface area contributed by atoms with E-state index in [0.717, 1.165) is 25.9 Å². The van der Waals surface area contributed by atoms with E-state index >= 15 is 0 Å². The molecule has 3 rings (SSSR count). The van der Waals surface area contributed by atoms with Gasteiger partial charge in [-0.15, -0.1) is 0 Å². The van der Waals surface area contributed by atoms with E-state index < -0.39 is 11.8 Å². The number of rotatable bonds is 9. The van der Waals surface area contributed by atoms with Gasteiger partial charge in [-0.3, -0.25) is 9.59 Å². The summed E-state index contributed by atoms with van der Waals surface area (Å²) in [7, 11) is 4.14. The van der Waals surface area contributed by atoms with E-state index in [9.17, 15) is 9.59 Å². The second kappa shape index (κ2) is 12.3. The van der Waals surface area contributed by atoms with Gasteiger partial charge in [-0.05, 0) is 52.1 Å². The first-order chi connectivity index (χ1) is 16.5. The topological polar surface area (TPSA) is 74.3 Å². The van der Waals surface area contributed by atoms with Crippen LogP contribution in [0.15, 0.2) is 0 Å². The Morgan fingerprint density at radius 3 is 2.40 bits per heavy atom. The summed E-state index contributed by atoms with van der Waals surface area (Å²) in [6.07, 6.45) is 3.87. The molecule has 0 saturated carbocycles. The van der Waals surface area contributed by atoms with Gasteiger partial charge in [-0.2, -0.15) is 0 Å². The number of piperazine rings is 1. The van der Waals surface area contributed by atoms with Crippen molar-refractivity contribution in [1.29, 1.82) is 0 Å². The minimum atomic E-state index is -0.584. The van der Waals surface area contributed by atoms with Crippen LogP contribution in [0.2, 0.25) is 0 Å². The highest BCUT2D eigenvalue weighted by Gasteiger charge is 2.47. The van der Waals surface area contributed by atoms with E-state index in [-0.39, 0.29) is 23.9 Å². The Kier molecular flexibility index (Phi) is 10.0. The standard InChI is InChI=1S/C27H50N4O4/c1-19(2)8-9-23-25(32)31(13-11-28-23)24(14-20(3)4)26(33)30-12-10-27(15-21(30)5)34-17-22(18-35-27)16-29(6)7/h19-24,28H,8-18H2,1-7H3/t21-,22?,23-,24-,27?/m0/s1. The summed E-state index contributed by atoms with van der Waals surface area (Å²) < 4.78 is 12.6. The fourth-order valence-corrected chi connectivity index (χ4v) is 5.81. The predicted molar refractivity (Wildman–Crippen MR) is 138 cm³/mol. The first-order valence-corrected chi connectivity index (χ1v) is 13.8. The van der Waals surface area contributed by atoms with Gasteiger partial charge in [0, 0.05) is 51.0 Å². The van der Waals surface area contributed by atoms with Crippen LogP contribution in [0.4, 0.5) is 0 Å². The van der Waals surface area contributed by atoms with Crippen molar-refractivity contribution in [3.8, 4) is 0 Å². The molecule has 0 unspecified atom stereocenters. The van der Waals surface area contributed by atoms with Gasteiger partial charge in [0.15, 0.2) is 5.79 Å². The van der Waals surface area contributed by atoms with Gasteiger partial charge in [0.05, 0.1) is 19.3 Å². The molecule has 3 aliphatic heterocycles. The lowest BCUT2D eigenvalue weighted by Gasteiger charge is -2.49. The first-order valence-electron chi connectivity index (χ1n) is 13.8. The Labute approximate surface area is 213 Å². The molecule has 3 heterocycles. The average Bonchev–Trinajstić information content (AvgIpc) is 2.78. The maximum absolute atomic E-state index is 13.9. The Bertz CT molecular complexity index is 705. The fraction of sp³-hybridized carbons (Fsp3) is 0.926. The Morgan fingerprint density at radius 1 is 1.14 bits per heavy atom.